The van der Waals surface area contributed by atoms with Gasteiger partial charge < -0.3 is 15.1 Å². The van der Waals surface area contributed by atoms with Crippen LogP contribution in [0.1, 0.15) is 19.8 Å². The second-order valence-corrected chi connectivity index (χ2v) is 5.72. The summed E-state index contributed by atoms with van der Waals surface area (Å²) in [6, 6.07) is 5.69. The van der Waals surface area contributed by atoms with Crippen molar-refractivity contribution in [2.45, 2.75) is 19.8 Å². The predicted octanol–water partition coefficient (Wildman–Crippen LogP) is 1.94. The Morgan fingerprint density at radius 3 is 2.42 bits per heavy atom. The highest BCUT2D eigenvalue weighted by molar-refractivity contribution is 5.89. The van der Waals surface area contributed by atoms with Crippen molar-refractivity contribution in [3.8, 4) is 0 Å². The summed E-state index contributed by atoms with van der Waals surface area (Å²) in [5.74, 6) is 1.40. The van der Waals surface area contributed by atoms with Crippen LogP contribution in [0, 0.1) is 0 Å². The van der Waals surface area contributed by atoms with Crippen LogP contribution in [-0.4, -0.2) is 47.0 Å². The van der Waals surface area contributed by atoms with Crippen LogP contribution in [0.4, 0.5) is 17.5 Å². The maximum Gasteiger partial charge on any atom is 0.225 e. The Kier molecular flexibility index (Phi) is 5.20. The summed E-state index contributed by atoms with van der Waals surface area (Å²) in [5.41, 5.74) is 1.07. The minimum Gasteiger partial charge on any atom is -0.367 e. The zero-order valence-electron chi connectivity index (χ0n) is 13.9. The zero-order chi connectivity index (χ0) is 16.8. The molecular formula is C17H22N6O. The normalized spacial score (nSPS) is 14.5. The molecule has 0 spiro atoms. The maximum absolute atomic E-state index is 11.6. The molecule has 0 atom stereocenters. The van der Waals surface area contributed by atoms with Crippen molar-refractivity contribution in [3.63, 3.8) is 0 Å². The first-order chi connectivity index (χ1) is 11.8. The molecule has 0 aromatic carbocycles. The van der Waals surface area contributed by atoms with E-state index in [-0.39, 0.29) is 5.91 Å². The highest BCUT2D eigenvalue weighted by atomic mass is 16.1. The highest BCUT2D eigenvalue weighted by Crippen LogP contribution is 2.18. The van der Waals surface area contributed by atoms with Crippen molar-refractivity contribution < 1.29 is 4.79 Å². The van der Waals surface area contributed by atoms with E-state index in [0.717, 1.165) is 44.2 Å². The van der Waals surface area contributed by atoms with Gasteiger partial charge in [0.25, 0.3) is 0 Å². The molecule has 1 aliphatic rings. The summed E-state index contributed by atoms with van der Waals surface area (Å²) in [6.45, 7) is 5.51. The Bertz CT molecular complexity index is 653. The van der Waals surface area contributed by atoms with Crippen molar-refractivity contribution in [1.82, 2.24) is 15.0 Å². The van der Waals surface area contributed by atoms with E-state index in [1.807, 2.05) is 31.3 Å². The van der Waals surface area contributed by atoms with Gasteiger partial charge in [0.05, 0.1) is 11.9 Å². The topological polar surface area (TPSA) is 74.2 Å². The van der Waals surface area contributed by atoms with Gasteiger partial charge in [0, 0.05) is 45.0 Å². The number of carbonyl (C=O) groups excluding carboxylic acids is 1. The van der Waals surface area contributed by atoms with E-state index in [0.29, 0.717) is 12.2 Å². The number of hydrogen-bond acceptors (Lipinski definition) is 6. The summed E-state index contributed by atoms with van der Waals surface area (Å²) >= 11 is 0. The third kappa shape index (κ3) is 3.98. The summed E-state index contributed by atoms with van der Waals surface area (Å²) in [7, 11) is 0. The molecule has 1 aliphatic heterocycles. The molecule has 0 aliphatic carbocycles. The lowest BCUT2D eigenvalue weighted by molar-refractivity contribution is -0.116. The Morgan fingerprint density at radius 2 is 1.79 bits per heavy atom. The third-order valence-electron chi connectivity index (χ3n) is 3.97. The second kappa shape index (κ2) is 7.72. The van der Waals surface area contributed by atoms with E-state index in [1.165, 1.54) is 0 Å². The van der Waals surface area contributed by atoms with Crippen LogP contribution in [0.15, 0.2) is 36.8 Å². The fraction of sp³-hybridized carbons (Fsp3) is 0.412. The molecule has 126 valence electrons. The SMILES string of the molecule is CCCC(=O)Nc1ccc(N2CCN(c3ncccn3)CC2)cn1. The van der Waals surface area contributed by atoms with Crippen molar-refractivity contribution in [3.05, 3.63) is 36.8 Å². The largest absolute Gasteiger partial charge is 0.367 e. The molecular weight excluding hydrogens is 304 g/mol. The lowest BCUT2D eigenvalue weighted by Crippen LogP contribution is -2.47. The number of piperazine rings is 1. The van der Waals surface area contributed by atoms with Crippen LogP contribution < -0.4 is 15.1 Å². The van der Waals surface area contributed by atoms with Gasteiger partial charge in [-0.25, -0.2) is 15.0 Å². The lowest BCUT2D eigenvalue weighted by atomic mass is 10.2. The Hall–Kier alpha value is -2.70. The number of amides is 1. The molecule has 0 radical (unpaired) electrons. The van der Waals surface area contributed by atoms with Crippen LogP contribution in [0.2, 0.25) is 0 Å². The Balaban J connectivity index is 1.55. The molecule has 0 saturated carbocycles. The molecule has 1 saturated heterocycles. The van der Waals surface area contributed by atoms with Crippen LogP contribution in [-0.2, 0) is 4.79 Å². The standard InChI is InChI=1S/C17H22N6O/c1-2-4-16(24)21-15-6-5-14(13-20-15)22-9-11-23(12-10-22)17-18-7-3-8-19-17/h3,5-8,13H,2,4,9-12H2,1H3,(H,20,21,24). The molecule has 2 aromatic heterocycles. The Labute approximate surface area is 141 Å². The molecule has 1 fully saturated rings. The number of pyridine rings is 1. The first kappa shape index (κ1) is 16.2. The number of rotatable bonds is 5. The summed E-state index contributed by atoms with van der Waals surface area (Å²) in [6.07, 6.45) is 6.71. The average molecular weight is 326 g/mol. The van der Waals surface area contributed by atoms with Crippen LogP contribution in [0.5, 0.6) is 0 Å². The number of nitrogens with one attached hydrogen (secondary N) is 1. The second-order valence-electron chi connectivity index (χ2n) is 5.72. The van der Waals surface area contributed by atoms with E-state index in [2.05, 4.69) is 30.1 Å². The van der Waals surface area contributed by atoms with Crippen LogP contribution >= 0.6 is 0 Å². The predicted molar refractivity (Wildman–Crippen MR) is 94.2 cm³/mol. The quantitative estimate of drug-likeness (QED) is 0.905. The van der Waals surface area contributed by atoms with Crippen LogP contribution in [0.3, 0.4) is 0 Å². The first-order valence-corrected chi connectivity index (χ1v) is 8.29. The smallest absolute Gasteiger partial charge is 0.225 e. The third-order valence-corrected chi connectivity index (χ3v) is 3.97. The summed E-state index contributed by atoms with van der Waals surface area (Å²) in [5, 5.41) is 2.81. The molecule has 1 N–H and O–H groups in total. The van der Waals surface area contributed by atoms with Crippen LogP contribution in [0.25, 0.3) is 0 Å². The van der Waals surface area contributed by atoms with Gasteiger partial charge in [-0.15, -0.1) is 0 Å². The van der Waals surface area contributed by atoms with Crippen molar-refractivity contribution in [1.29, 1.82) is 0 Å². The lowest BCUT2D eigenvalue weighted by Gasteiger charge is -2.35. The van der Waals surface area contributed by atoms with Gasteiger partial charge >= 0.3 is 0 Å². The van der Waals surface area contributed by atoms with E-state index >= 15 is 0 Å². The molecule has 2 aromatic rings. The van der Waals surface area contributed by atoms with Crippen molar-refractivity contribution in [2.75, 3.05) is 41.3 Å². The summed E-state index contributed by atoms with van der Waals surface area (Å²) < 4.78 is 0. The van der Waals surface area contributed by atoms with E-state index in [1.54, 1.807) is 12.4 Å². The van der Waals surface area contributed by atoms with Gasteiger partial charge in [-0.05, 0) is 24.6 Å². The molecule has 3 heterocycles. The van der Waals surface area contributed by atoms with E-state index < -0.39 is 0 Å². The van der Waals surface area contributed by atoms with Gasteiger partial charge in [0.15, 0.2) is 0 Å². The zero-order valence-corrected chi connectivity index (χ0v) is 13.9. The monoisotopic (exact) mass is 326 g/mol. The molecule has 7 heteroatoms. The van der Waals surface area contributed by atoms with Gasteiger partial charge in [-0.3, -0.25) is 4.79 Å². The molecule has 24 heavy (non-hydrogen) atoms. The molecule has 0 unspecified atom stereocenters. The molecule has 7 nitrogen and oxygen atoms in total. The number of hydrogen-bond donors (Lipinski definition) is 1. The van der Waals surface area contributed by atoms with Gasteiger partial charge in [-0.2, -0.15) is 0 Å². The first-order valence-electron chi connectivity index (χ1n) is 8.29. The van der Waals surface area contributed by atoms with Gasteiger partial charge in [0.2, 0.25) is 11.9 Å². The maximum atomic E-state index is 11.6. The number of nitrogens with zero attached hydrogens (tertiary/aromatic N) is 5. The summed E-state index contributed by atoms with van der Waals surface area (Å²) in [4.78, 5) is 29.0. The molecule has 3 rings (SSSR count). The van der Waals surface area contributed by atoms with Crippen molar-refractivity contribution >= 4 is 23.4 Å². The molecule has 1 amide bonds. The fourth-order valence-electron chi connectivity index (χ4n) is 2.70. The number of carbonyl (C=O) groups is 1. The Morgan fingerprint density at radius 1 is 1.08 bits per heavy atom. The fourth-order valence-corrected chi connectivity index (χ4v) is 2.70. The highest BCUT2D eigenvalue weighted by Gasteiger charge is 2.19. The van der Waals surface area contributed by atoms with E-state index in [4.69, 9.17) is 0 Å². The van der Waals surface area contributed by atoms with E-state index in [9.17, 15) is 4.79 Å². The molecule has 0 bridgehead atoms. The number of aromatic nitrogens is 3. The van der Waals surface area contributed by atoms with Gasteiger partial charge in [0.1, 0.15) is 5.82 Å². The average Bonchev–Trinajstić information content (AvgIpc) is 2.63. The minimum atomic E-state index is 0.00854. The van der Waals surface area contributed by atoms with Crippen molar-refractivity contribution in [2.24, 2.45) is 0 Å². The minimum absolute atomic E-state index is 0.00854. The van der Waals surface area contributed by atoms with Gasteiger partial charge in [-0.1, -0.05) is 6.92 Å². The number of anilines is 3.